The van der Waals surface area contributed by atoms with Gasteiger partial charge in [-0.25, -0.2) is 0 Å². The first-order valence-corrected chi connectivity index (χ1v) is 3.97. The number of aliphatic carboxylic acids is 1. The van der Waals surface area contributed by atoms with Crippen LogP contribution >= 0.6 is 0 Å². The highest BCUT2D eigenvalue weighted by Gasteiger charge is 2.16. The number of carboxylic acids is 1. The molecule has 0 spiro atoms. The molecule has 1 N–H and O–H groups in total. The molecule has 0 aliphatic heterocycles. The van der Waals surface area contributed by atoms with Crippen LogP contribution < -0.4 is 0 Å². The van der Waals surface area contributed by atoms with Crippen molar-refractivity contribution in [3.05, 3.63) is 18.0 Å². The van der Waals surface area contributed by atoms with Gasteiger partial charge >= 0.3 is 5.97 Å². The normalized spacial score (nSPS) is 9.86. The molecule has 1 aromatic rings. The fourth-order valence-electron chi connectivity index (χ4n) is 0.999. The van der Waals surface area contributed by atoms with Crippen molar-refractivity contribution in [1.82, 2.24) is 14.7 Å². The molecule has 0 saturated carbocycles. The zero-order valence-electron chi connectivity index (χ0n) is 7.97. The average molecular weight is 197 g/mol. The van der Waals surface area contributed by atoms with Gasteiger partial charge in [0.2, 0.25) is 0 Å². The third-order valence-electron chi connectivity index (χ3n) is 1.65. The van der Waals surface area contributed by atoms with Crippen molar-refractivity contribution in [3.8, 4) is 0 Å². The van der Waals surface area contributed by atoms with E-state index >= 15 is 0 Å². The molecule has 0 bridgehead atoms. The molecule has 76 valence electrons. The highest BCUT2D eigenvalue weighted by atomic mass is 16.4. The van der Waals surface area contributed by atoms with Gasteiger partial charge in [0, 0.05) is 20.3 Å². The van der Waals surface area contributed by atoms with Crippen LogP contribution in [0.15, 0.2) is 12.3 Å². The number of aryl methyl sites for hydroxylation is 1. The number of nitrogens with zero attached hydrogens (tertiary/aromatic N) is 3. The summed E-state index contributed by atoms with van der Waals surface area (Å²) in [6.07, 6.45) is 1.63. The van der Waals surface area contributed by atoms with Crippen LogP contribution in [0.4, 0.5) is 0 Å². The second-order valence-electron chi connectivity index (χ2n) is 2.93. The summed E-state index contributed by atoms with van der Waals surface area (Å²) >= 11 is 0. The molecule has 0 atom stereocenters. The molecule has 14 heavy (non-hydrogen) atoms. The molecule has 0 aliphatic carbocycles. The van der Waals surface area contributed by atoms with E-state index in [1.807, 2.05) is 0 Å². The fourth-order valence-corrected chi connectivity index (χ4v) is 0.999. The maximum absolute atomic E-state index is 11.5. The minimum absolute atomic E-state index is 0.247. The standard InChI is InChI=1S/C8H11N3O3/c1-10(5-7(12)13)8(14)6-3-4-11(2)9-6/h3-4H,5H2,1-2H3,(H,12,13). The van der Waals surface area contributed by atoms with Crippen molar-refractivity contribution in [1.29, 1.82) is 0 Å². The molecule has 1 rings (SSSR count). The minimum Gasteiger partial charge on any atom is -0.480 e. The van der Waals surface area contributed by atoms with Gasteiger partial charge in [-0.05, 0) is 6.07 Å². The molecule has 6 nitrogen and oxygen atoms in total. The lowest BCUT2D eigenvalue weighted by Crippen LogP contribution is -2.32. The summed E-state index contributed by atoms with van der Waals surface area (Å²) in [4.78, 5) is 22.9. The number of aromatic nitrogens is 2. The van der Waals surface area contributed by atoms with Crippen LogP contribution in [0.1, 0.15) is 10.5 Å². The lowest BCUT2D eigenvalue weighted by atomic mass is 10.4. The Kier molecular flexibility index (Phi) is 2.85. The smallest absolute Gasteiger partial charge is 0.323 e. The van der Waals surface area contributed by atoms with Crippen molar-refractivity contribution in [2.24, 2.45) is 7.05 Å². The molecule has 0 radical (unpaired) electrons. The minimum atomic E-state index is -1.04. The predicted octanol–water partition coefficient (Wildman–Crippen LogP) is -0.423. The molecule has 0 saturated heterocycles. The van der Waals surface area contributed by atoms with Crippen LogP contribution in [0.5, 0.6) is 0 Å². The average Bonchev–Trinajstić information content (AvgIpc) is 2.49. The van der Waals surface area contributed by atoms with Crippen molar-refractivity contribution in [2.75, 3.05) is 13.6 Å². The van der Waals surface area contributed by atoms with E-state index in [2.05, 4.69) is 5.10 Å². The number of rotatable bonds is 3. The van der Waals surface area contributed by atoms with Gasteiger partial charge in [0.25, 0.3) is 5.91 Å². The number of carbonyl (C=O) groups excluding carboxylic acids is 1. The number of hydrogen-bond acceptors (Lipinski definition) is 3. The van der Waals surface area contributed by atoms with E-state index in [4.69, 9.17) is 5.11 Å². The Bertz CT molecular complexity index is 358. The molecule has 6 heteroatoms. The maximum Gasteiger partial charge on any atom is 0.323 e. The lowest BCUT2D eigenvalue weighted by molar-refractivity contribution is -0.137. The van der Waals surface area contributed by atoms with Gasteiger partial charge in [-0.1, -0.05) is 0 Å². The summed E-state index contributed by atoms with van der Waals surface area (Å²) in [5, 5.41) is 12.3. The Balaban J connectivity index is 2.70. The van der Waals surface area contributed by atoms with Crippen LogP contribution in [0, 0.1) is 0 Å². The Morgan fingerprint density at radius 1 is 1.64 bits per heavy atom. The number of carboxylic acid groups (broad SMARTS) is 1. The third kappa shape index (κ3) is 2.32. The summed E-state index contributed by atoms with van der Waals surface area (Å²) in [5.41, 5.74) is 0.247. The number of hydrogen-bond donors (Lipinski definition) is 1. The first-order valence-electron chi connectivity index (χ1n) is 3.97. The van der Waals surface area contributed by atoms with Gasteiger partial charge in [0.1, 0.15) is 12.2 Å². The molecule has 1 amide bonds. The monoisotopic (exact) mass is 197 g/mol. The Morgan fingerprint density at radius 2 is 2.29 bits per heavy atom. The summed E-state index contributed by atoms with van der Waals surface area (Å²) in [6.45, 7) is -0.324. The summed E-state index contributed by atoms with van der Waals surface area (Å²) in [6, 6.07) is 1.54. The van der Waals surface area contributed by atoms with Crippen LogP contribution in [-0.2, 0) is 11.8 Å². The molecular weight excluding hydrogens is 186 g/mol. The van der Waals surface area contributed by atoms with Crippen molar-refractivity contribution in [2.45, 2.75) is 0 Å². The zero-order chi connectivity index (χ0) is 10.7. The van der Waals surface area contributed by atoms with Crippen molar-refractivity contribution < 1.29 is 14.7 Å². The Morgan fingerprint density at radius 3 is 2.71 bits per heavy atom. The van der Waals surface area contributed by atoms with Gasteiger partial charge in [0.05, 0.1) is 0 Å². The van der Waals surface area contributed by atoms with Crippen LogP contribution in [0.3, 0.4) is 0 Å². The van der Waals surface area contributed by atoms with E-state index in [0.29, 0.717) is 0 Å². The van der Waals surface area contributed by atoms with Gasteiger partial charge in [0.15, 0.2) is 0 Å². The van der Waals surface area contributed by atoms with E-state index in [0.717, 1.165) is 4.90 Å². The molecular formula is C8H11N3O3. The first kappa shape index (κ1) is 10.2. The van der Waals surface area contributed by atoms with Crippen molar-refractivity contribution >= 4 is 11.9 Å². The van der Waals surface area contributed by atoms with Crippen molar-refractivity contribution in [3.63, 3.8) is 0 Å². The number of amides is 1. The maximum atomic E-state index is 11.5. The van der Waals surface area contributed by atoms with Gasteiger partial charge in [-0.2, -0.15) is 5.10 Å². The molecule has 1 heterocycles. The first-order chi connectivity index (χ1) is 6.50. The quantitative estimate of drug-likeness (QED) is 0.713. The second kappa shape index (κ2) is 3.91. The molecule has 0 unspecified atom stereocenters. The second-order valence-corrected chi connectivity index (χ2v) is 2.93. The molecule has 0 aliphatic rings. The largest absolute Gasteiger partial charge is 0.480 e. The SMILES string of the molecule is CN(CC(=O)O)C(=O)c1ccn(C)n1. The lowest BCUT2D eigenvalue weighted by Gasteiger charge is -2.12. The Labute approximate surface area is 80.7 Å². The topological polar surface area (TPSA) is 75.4 Å². The highest BCUT2D eigenvalue weighted by molar-refractivity contribution is 5.93. The summed E-state index contributed by atoms with van der Waals surface area (Å²) in [5.74, 6) is -1.44. The summed E-state index contributed by atoms with van der Waals surface area (Å²) < 4.78 is 1.49. The molecule has 0 aromatic carbocycles. The molecule has 0 fully saturated rings. The van der Waals surface area contributed by atoms with Crippen LogP contribution in [-0.4, -0.2) is 45.3 Å². The van der Waals surface area contributed by atoms with Gasteiger partial charge in [-0.15, -0.1) is 0 Å². The van der Waals surface area contributed by atoms with E-state index in [9.17, 15) is 9.59 Å². The highest BCUT2D eigenvalue weighted by Crippen LogP contribution is 1.99. The number of likely N-dealkylation sites (N-methyl/N-ethyl adjacent to an activating group) is 1. The summed E-state index contributed by atoms with van der Waals surface area (Å²) in [7, 11) is 3.11. The predicted molar refractivity (Wildman–Crippen MR) is 47.8 cm³/mol. The number of carbonyl (C=O) groups is 2. The van der Waals surface area contributed by atoms with Gasteiger partial charge < -0.3 is 10.0 Å². The molecule has 1 aromatic heterocycles. The van der Waals surface area contributed by atoms with E-state index in [-0.39, 0.29) is 12.2 Å². The van der Waals surface area contributed by atoms with Gasteiger partial charge in [-0.3, -0.25) is 14.3 Å². The Hall–Kier alpha value is -1.85. The van der Waals surface area contributed by atoms with Crippen LogP contribution in [0.25, 0.3) is 0 Å². The fraction of sp³-hybridized carbons (Fsp3) is 0.375. The van der Waals surface area contributed by atoms with E-state index in [1.165, 1.54) is 11.7 Å². The van der Waals surface area contributed by atoms with E-state index in [1.54, 1.807) is 19.3 Å². The van der Waals surface area contributed by atoms with E-state index < -0.39 is 11.9 Å². The van der Waals surface area contributed by atoms with Crippen LogP contribution in [0.2, 0.25) is 0 Å². The third-order valence-corrected chi connectivity index (χ3v) is 1.65. The zero-order valence-corrected chi connectivity index (χ0v) is 7.97.